The molecule has 0 aromatic carbocycles. The number of nitrogens with one attached hydrogen (secondary N) is 2. The predicted molar refractivity (Wildman–Crippen MR) is 129 cm³/mol. The van der Waals surface area contributed by atoms with E-state index in [4.69, 9.17) is 9.41 Å². The second-order valence-electron chi connectivity index (χ2n) is 7.70. The van der Waals surface area contributed by atoms with Gasteiger partial charge in [-0.2, -0.15) is 0 Å². The molecule has 0 saturated carbocycles. The van der Waals surface area contributed by atoms with Gasteiger partial charge in [-0.05, 0) is 85.3 Å². The maximum absolute atomic E-state index is 5.70. The maximum Gasteiger partial charge on any atom is 0.191 e. The molecular weight excluding hydrogens is 465 g/mol. The summed E-state index contributed by atoms with van der Waals surface area (Å²) in [5.74, 6) is 1.93. The van der Waals surface area contributed by atoms with Crippen molar-refractivity contribution in [2.24, 2.45) is 4.99 Å². The highest BCUT2D eigenvalue weighted by Crippen LogP contribution is 2.25. The van der Waals surface area contributed by atoms with Gasteiger partial charge >= 0.3 is 0 Å². The minimum absolute atomic E-state index is 0. The molecule has 0 aliphatic carbocycles. The fourth-order valence-corrected chi connectivity index (χ4v) is 3.39. The van der Waals surface area contributed by atoms with Gasteiger partial charge in [0, 0.05) is 19.1 Å². The Hall–Kier alpha value is -0.800. The van der Waals surface area contributed by atoms with Crippen LogP contribution in [0.5, 0.6) is 0 Å². The molecule has 0 amide bonds. The van der Waals surface area contributed by atoms with Crippen molar-refractivity contribution in [3.8, 4) is 0 Å². The topological polar surface area (TPSA) is 56.0 Å². The molecular formula is C21H40IN5O. The Balaban J connectivity index is 0.00000392. The van der Waals surface area contributed by atoms with E-state index in [9.17, 15) is 0 Å². The molecule has 1 unspecified atom stereocenters. The smallest absolute Gasteiger partial charge is 0.191 e. The van der Waals surface area contributed by atoms with E-state index in [0.29, 0.717) is 6.04 Å². The maximum atomic E-state index is 5.70. The van der Waals surface area contributed by atoms with E-state index >= 15 is 0 Å². The van der Waals surface area contributed by atoms with E-state index in [-0.39, 0.29) is 30.0 Å². The first-order valence-electron chi connectivity index (χ1n) is 10.6. The summed E-state index contributed by atoms with van der Waals surface area (Å²) in [4.78, 5) is 9.74. The largest absolute Gasteiger partial charge is 0.468 e. The average Bonchev–Trinajstić information content (AvgIpc) is 3.35. The van der Waals surface area contributed by atoms with Crippen LogP contribution in [-0.2, 0) is 0 Å². The lowest BCUT2D eigenvalue weighted by Crippen LogP contribution is -2.39. The first-order chi connectivity index (χ1) is 13.1. The van der Waals surface area contributed by atoms with E-state index in [1.165, 1.54) is 19.3 Å². The molecule has 1 aliphatic heterocycles. The minimum atomic E-state index is 0. The first-order valence-corrected chi connectivity index (χ1v) is 10.6. The van der Waals surface area contributed by atoms with E-state index < -0.39 is 0 Å². The monoisotopic (exact) mass is 505 g/mol. The molecule has 0 bridgehead atoms. The van der Waals surface area contributed by atoms with Crippen molar-refractivity contribution in [1.82, 2.24) is 20.4 Å². The van der Waals surface area contributed by atoms with E-state index in [1.807, 2.05) is 6.07 Å². The Labute approximate surface area is 188 Å². The van der Waals surface area contributed by atoms with Crippen molar-refractivity contribution in [3.63, 3.8) is 0 Å². The SMILES string of the molecule is CCNC(=NCC(c1ccco1)N1CCCC1)NCCCCN(C)C(C)C.I. The highest BCUT2D eigenvalue weighted by Gasteiger charge is 2.25. The van der Waals surface area contributed by atoms with E-state index in [2.05, 4.69) is 54.3 Å². The molecule has 2 N–H and O–H groups in total. The van der Waals surface area contributed by atoms with Crippen molar-refractivity contribution < 1.29 is 4.42 Å². The minimum Gasteiger partial charge on any atom is -0.468 e. The van der Waals surface area contributed by atoms with E-state index in [0.717, 1.165) is 57.4 Å². The number of likely N-dealkylation sites (tertiary alicyclic amines) is 1. The average molecular weight is 505 g/mol. The normalized spacial score (nSPS) is 16.4. The lowest BCUT2D eigenvalue weighted by molar-refractivity contribution is 0.221. The first kappa shape index (κ1) is 25.2. The van der Waals surface area contributed by atoms with Crippen LogP contribution in [0, 0.1) is 0 Å². The molecule has 0 spiro atoms. The Bertz CT molecular complexity index is 529. The highest BCUT2D eigenvalue weighted by atomic mass is 127. The Morgan fingerprint density at radius 3 is 2.61 bits per heavy atom. The van der Waals surface area contributed by atoms with Gasteiger partial charge in [0.1, 0.15) is 5.76 Å². The Morgan fingerprint density at radius 1 is 1.25 bits per heavy atom. The van der Waals surface area contributed by atoms with Crippen LogP contribution in [0.1, 0.15) is 58.3 Å². The number of halogens is 1. The summed E-state index contributed by atoms with van der Waals surface area (Å²) < 4.78 is 5.70. The molecule has 7 heteroatoms. The van der Waals surface area contributed by atoms with Crippen LogP contribution >= 0.6 is 24.0 Å². The van der Waals surface area contributed by atoms with Gasteiger partial charge in [-0.25, -0.2) is 0 Å². The molecule has 1 atom stereocenters. The summed E-state index contributed by atoms with van der Waals surface area (Å²) in [6, 6.07) is 4.89. The summed E-state index contributed by atoms with van der Waals surface area (Å²) in [6.45, 7) is 12.5. The van der Waals surface area contributed by atoms with Gasteiger partial charge in [0.2, 0.25) is 0 Å². The van der Waals surface area contributed by atoms with Crippen LogP contribution in [0.15, 0.2) is 27.8 Å². The lowest BCUT2D eigenvalue weighted by Gasteiger charge is -2.24. The van der Waals surface area contributed by atoms with Gasteiger partial charge in [0.25, 0.3) is 0 Å². The van der Waals surface area contributed by atoms with Crippen molar-refractivity contribution in [2.45, 2.75) is 58.5 Å². The zero-order valence-electron chi connectivity index (χ0n) is 18.1. The fourth-order valence-electron chi connectivity index (χ4n) is 3.39. The number of hydrogen-bond acceptors (Lipinski definition) is 4. The van der Waals surface area contributed by atoms with Crippen LogP contribution in [0.3, 0.4) is 0 Å². The van der Waals surface area contributed by atoms with Crippen molar-refractivity contribution in [2.75, 3.05) is 46.3 Å². The summed E-state index contributed by atoms with van der Waals surface area (Å²) in [5, 5.41) is 6.86. The fraction of sp³-hybridized carbons (Fsp3) is 0.762. The number of nitrogens with zero attached hydrogens (tertiary/aromatic N) is 3. The second-order valence-corrected chi connectivity index (χ2v) is 7.70. The summed E-state index contributed by atoms with van der Waals surface area (Å²) in [5.41, 5.74) is 0. The quantitative estimate of drug-likeness (QED) is 0.208. The molecule has 2 heterocycles. The molecule has 1 saturated heterocycles. The Morgan fingerprint density at radius 2 is 2.00 bits per heavy atom. The van der Waals surface area contributed by atoms with E-state index in [1.54, 1.807) is 6.26 Å². The molecule has 1 aromatic heterocycles. The standard InChI is InChI=1S/C21H39N5O.HI/c1-5-22-21(23-12-6-7-13-25(4)18(2)3)24-17-19(20-11-10-16-27-20)26-14-8-9-15-26;/h10-11,16,18-19H,5-9,12-15,17H2,1-4H3,(H2,22,23,24);1H. The molecule has 1 aromatic rings. The van der Waals surface area contributed by atoms with Crippen LogP contribution in [0.4, 0.5) is 0 Å². The number of rotatable bonds is 11. The van der Waals surface area contributed by atoms with Gasteiger partial charge in [0.05, 0.1) is 18.8 Å². The zero-order valence-corrected chi connectivity index (χ0v) is 20.4. The number of hydrogen-bond donors (Lipinski definition) is 2. The number of furan rings is 1. The third-order valence-corrected chi connectivity index (χ3v) is 5.33. The van der Waals surface area contributed by atoms with Crippen molar-refractivity contribution in [3.05, 3.63) is 24.2 Å². The third-order valence-electron chi connectivity index (χ3n) is 5.33. The zero-order chi connectivity index (χ0) is 19.5. The summed E-state index contributed by atoms with van der Waals surface area (Å²) in [7, 11) is 2.19. The number of aliphatic imine (C=N–C) groups is 1. The predicted octanol–water partition coefficient (Wildman–Crippen LogP) is 3.71. The van der Waals surface area contributed by atoms with Gasteiger partial charge in [0.15, 0.2) is 5.96 Å². The van der Waals surface area contributed by atoms with Crippen LogP contribution < -0.4 is 10.6 Å². The molecule has 1 aliphatic rings. The second kappa shape index (κ2) is 14.2. The highest BCUT2D eigenvalue weighted by molar-refractivity contribution is 14.0. The molecule has 28 heavy (non-hydrogen) atoms. The van der Waals surface area contributed by atoms with Gasteiger partial charge in [-0.15, -0.1) is 24.0 Å². The van der Waals surface area contributed by atoms with Crippen LogP contribution in [-0.4, -0.2) is 68.1 Å². The van der Waals surface area contributed by atoms with Gasteiger partial charge < -0.3 is 20.0 Å². The molecule has 162 valence electrons. The number of guanidine groups is 1. The van der Waals surface area contributed by atoms with Gasteiger partial charge in [-0.1, -0.05) is 0 Å². The summed E-state index contributed by atoms with van der Waals surface area (Å²) >= 11 is 0. The van der Waals surface area contributed by atoms with Crippen molar-refractivity contribution in [1.29, 1.82) is 0 Å². The Kier molecular flexibility index (Phi) is 12.8. The van der Waals surface area contributed by atoms with Gasteiger partial charge in [-0.3, -0.25) is 9.89 Å². The van der Waals surface area contributed by atoms with Crippen LogP contribution in [0.2, 0.25) is 0 Å². The van der Waals surface area contributed by atoms with Crippen molar-refractivity contribution >= 4 is 29.9 Å². The van der Waals surface area contributed by atoms with Crippen LogP contribution in [0.25, 0.3) is 0 Å². The molecule has 6 nitrogen and oxygen atoms in total. The molecule has 2 rings (SSSR count). The third kappa shape index (κ3) is 8.69. The molecule has 1 fully saturated rings. The number of unbranched alkanes of at least 4 members (excludes halogenated alkanes) is 1. The molecule has 0 radical (unpaired) electrons. The summed E-state index contributed by atoms with van der Waals surface area (Å²) in [6.07, 6.45) is 6.65. The lowest BCUT2D eigenvalue weighted by atomic mass is 10.2.